The number of nitrogens with zero attached hydrogens (tertiary/aromatic N) is 6. The van der Waals surface area contributed by atoms with Crippen LogP contribution in [0.1, 0.15) is 33.5 Å². The largest absolute Gasteiger partial charge is 0.443 e. The van der Waals surface area contributed by atoms with Gasteiger partial charge in [0.2, 0.25) is 0 Å². The lowest BCUT2D eigenvalue weighted by Crippen LogP contribution is -2.41. The van der Waals surface area contributed by atoms with Crippen LogP contribution < -0.4 is 14.5 Å². The highest BCUT2D eigenvalue weighted by Crippen LogP contribution is 2.40. The quantitative estimate of drug-likeness (QED) is 0.351. The van der Waals surface area contributed by atoms with Crippen LogP contribution in [0, 0.1) is 12.7 Å². The number of benzene rings is 1. The van der Waals surface area contributed by atoms with E-state index in [9.17, 15) is 14.3 Å². The van der Waals surface area contributed by atoms with Gasteiger partial charge in [-0.2, -0.15) is 9.97 Å². The molecule has 1 aromatic carbocycles. The van der Waals surface area contributed by atoms with Gasteiger partial charge in [-0.25, -0.2) is 19.2 Å². The molecule has 1 unspecified atom stereocenters. The average Bonchev–Trinajstić information content (AvgIpc) is 3.18. The summed E-state index contributed by atoms with van der Waals surface area (Å²) in [5, 5.41) is 10.8. The maximum Gasteiger partial charge on any atom is 0.414 e. The van der Waals surface area contributed by atoms with E-state index in [1.807, 2.05) is 4.90 Å². The summed E-state index contributed by atoms with van der Waals surface area (Å²) >= 11 is 0. The van der Waals surface area contributed by atoms with Gasteiger partial charge < -0.3 is 24.5 Å². The van der Waals surface area contributed by atoms with Gasteiger partial charge in [0.25, 0.3) is 0 Å². The van der Waals surface area contributed by atoms with Crippen molar-refractivity contribution >= 4 is 39.5 Å². The van der Waals surface area contributed by atoms with Crippen LogP contribution in [-0.2, 0) is 4.74 Å². The second kappa shape index (κ2) is 9.77. The molecule has 12 heteroatoms. The monoisotopic (exact) mass is 535 g/mol. The lowest BCUT2D eigenvalue weighted by molar-refractivity contribution is 0.0589. The molecule has 0 saturated carbocycles. The third-order valence-electron chi connectivity index (χ3n) is 6.02. The van der Waals surface area contributed by atoms with Crippen molar-refractivity contribution in [3.05, 3.63) is 47.8 Å². The predicted molar refractivity (Wildman–Crippen MR) is 145 cm³/mol. The summed E-state index contributed by atoms with van der Waals surface area (Å²) in [6.07, 6.45) is 3.65. The number of amides is 1. The number of rotatable bonds is 5. The molecule has 1 saturated heterocycles. The maximum absolute atomic E-state index is 15.0. The molecule has 4 heterocycles. The van der Waals surface area contributed by atoms with Crippen LogP contribution in [0.25, 0.3) is 21.9 Å². The summed E-state index contributed by atoms with van der Waals surface area (Å²) in [4.78, 5) is 36.8. The molecule has 0 bridgehead atoms. The Hall–Kier alpha value is -4.32. The summed E-state index contributed by atoms with van der Waals surface area (Å²) in [7, 11) is 1.52. The summed E-state index contributed by atoms with van der Waals surface area (Å²) in [5.74, 6) is 0.942. The van der Waals surface area contributed by atoms with E-state index in [2.05, 4.69) is 24.9 Å². The van der Waals surface area contributed by atoms with E-state index in [-0.39, 0.29) is 11.7 Å². The summed E-state index contributed by atoms with van der Waals surface area (Å²) in [5.41, 5.74) is 1.50. The Morgan fingerprint density at radius 2 is 1.92 bits per heavy atom. The van der Waals surface area contributed by atoms with Crippen molar-refractivity contribution in [1.82, 2.24) is 24.9 Å². The molecule has 0 radical (unpaired) electrons. The number of aliphatic hydroxyl groups excluding tert-OH is 1. The molecule has 5 rings (SSSR count). The molecule has 0 aliphatic carbocycles. The normalized spacial score (nSPS) is 14.4. The molecular weight excluding hydrogens is 505 g/mol. The molecule has 39 heavy (non-hydrogen) atoms. The van der Waals surface area contributed by atoms with E-state index in [4.69, 9.17) is 9.47 Å². The molecule has 1 fully saturated rings. The van der Waals surface area contributed by atoms with Gasteiger partial charge >= 0.3 is 12.1 Å². The second-order valence-electron chi connectivity index (χ2n) is 10.6. The number of aromatic amines is 1. The van der Waals surface area contributed by atoms with E-state index in [1.165, 1.54) is 36.5 Å². The lowest BCUT2D eigenvalue weighted by Gasteiger charge is -2.36. The number of nitrogens with one attached hydrogen (secondary N) is 1. The minimum Gasteiger partial charge on any atom is -0.443 e. The molecule has 2 N–H and O–H groups in total. The molecule has 3 aromatic heterocycles. The molecule has 0 spiro atoms. The number of hydrogen-bond acceptors (Lipinski definition) is 9. The van der Waals surface area contributed by atoms with Crippen molar-refractivity contribution in [3.8, 4) is 11.8 Å². The zero-order valence-corrected chi connectivity index (χ0v) is 22.6. The fraction of sp³-hybridized carbons (Fsp3) is 0.370. The molecule has 11 nitrogen and oxygen atoms in total. The molecule has 1 aliphatic heterocycles. The van der Waals surface area contributed by atoms with Gasteiger partial charge in [0.05, 0.1) is 35.1 Å². The lowest BCUT2D eigenvalue weighted by atomic mass is 10.0. The number of aromatic nitrogens is 5. The van der Waals surface area contributed by atoms with Crippen LogP contribution >= 0.6 is 0 Å². The van der Waals surface area contributed by atoms with Crippen LogP contribution in [-0.4, -0.2) is 68.0 Å². The van der Waals surface area contributed by atoms with Crippen molar-refractivity contribution in [2.75, 3.05) is 29.9 Å². The number of halogens is 1. The Kier molecular flexibility index (Phi) is 6.59. The minimum atomic E-state index is -0.725. The molecule has 204 valence electrons. The van der Waals surface area contributed by atoms with Crippen molar-refractivity contribution in [2.45, 2.75) is 46.3 Å². The Morgan fingerprint density at radius 3 is 2.56 bits per heavy atom. The number of carbonyl (C=O) groups excluding carboxylic acids is 1. The molecular formula is C27H30FN7O4. The first-order chi connectivity index (χ1) is 18.4. The van der Waals surface area contributed by atoms with E-state index >= 15 is 0 Å². The Morgan fingerprint density at radius 1 is 1.23 bits per heavy atom. The molecule has 4 aromatic rings. The Labute approximate surface area is 224 Å². The number of carbonyl (C=O) groups is 1. The van der Waals surface area contributed by atoms with Gasteiger partial charge in [-0.05, 0) is 52.3 Å². The van der Waals surface area contributed by atoms with Gasteiger partial charge in [0, 0.05) is 25.5 Å². The second-order valence-corrected chi connectivity index (χ2v) is 10.6. The highest BCUT2D eigenvalue weighted by atomic mass is 19.1. The fourth-order valence-corrected chi connectivity index (χ4v) is 4.35. The zero-order valence-electron chi connectivity index (χ0n) is 22.6. The first-order valence-corrected chi connectivity index (χ1v) is 12.5. The van der Waals surface area contributed by atoms with Gasteiger partial charge in [-0.3, -0.25) is 4.90 Å². The first-order valence-electron chi connectivity index (χ1n) is 12.5. The van der Waals surface area contributed by atoms with E-state index in [1.54, 1.807) is 40.7 Å². The van der Waals surface area contributed by atoms with Crippen molar-refractivity contribution in [2.24, 2.45) is 0 Å². The molecule has 1 aliphatic rings. The smallest absolute Gasteiger partial charge is 0.414 e. The third-order valence-corrected chi connectivity index (χ3v) is 6.02. The Balaban J connectivity index is 1.64. The van der Waals surface area contributed by atoms with Gasteiger partial charge in [0.15, 0.2) is 5.75 Å². The fourth-order valence-electron chi connectivity index (χ4n) is 4.35. The number of aliphatic hydroxyl groups is 1. The predicted octanol–water partition coefficient (Wildman–Crippen LogP) is 4.64. The van der Waals surface area contributed by atoms with E-state index in [0.29, 0.717) is 52.4 Å². The zero-order chi connectivity index (χ0) is 28.1. The summed E-state index contributed by atoms with van der Waals surface area (Å²) in [6.45, 7) is 9.80. The van der Waals surface area contributed by atoms with Crippen molar-refractivity contribution in [1.29, 1.82) is 0 Å². The number of fused-ring (bicyclic) bond motifs is 3. The van der Waals surface area contributed by atoms with Gasteiger partial charge in [-0.15, -0.1) is 0 Å². The summed E-state index contributed by atoms with van der Waals surface area (Å²) < 4.78 is 26.3. The van der Waals surface area contributed by atoms with Crippen LogP contribution in [0.4, 0.5) is 20.7 Å². The summed E-state index contributed by atoms with van der Waals surface area (Å²) in [6, 6.07) is 2.70. The Bertz CT molecular complexity index is 1580. The topological polar surface area (TPSA) is 130 Å². The number of aryl methyl sites for hydroxylation is 1. The number of ether oxygens (including phenoxy) is 2. The molecule has 1 atom stereocenters. The number of anilines is 2. The van der Waals surface area contributed by atoms with Gasteiger partial charge in [-0.1, -0.05) is 6.08 Å². The minimum absolute atomic E-state index is 0.0481. The van der Waals surface area contributed by atoms with Crippen molar-refractivity contribution in [3.63, 3.8) is 0 Å². The number of hydrogen-bond donors (Lipinski definition) is 2. The van der Waals surface area contributed by atoms with Crippen LogP contribution in [0.5, 0.6) is 11.8 Å². The average molecular weight is 536 g/mol. The number of H-pyrrole nitrogens is 1. The molecule has 1 amide bonds. The third kappa shape index (κ3) is 5.46. The van der Waals surface area contributed by atoms with Crippen molar-refractivity contribution < 1.29 is 23.8 Å². The first kappa shape index (κ1) is 26.3. The van der Waals surface area contributed by atoms with Crippen LogP contribution in [0.2, 0.25) is 0 Å². The maximum atomic E-state index is 15.0. The van der Waals surface area contributed by atoms with Gasteiger partial charge in [0.1, 0.15) is 28.7 Å². The van der Waals surface area contributed by atoms with E-state index < -0.39 is 23.6 Å². The van der Waals surface area contributed by atoms with Crippen LogP contribution in [0.15, 0.2) is 36.2 Å². The standard InChI is InChI=1S/C27H30FN7O4/c1-14(36)7-16-12-35(13-16)24-21-19-8-17(28)9-20(34(6)26(37)39-27(3,4)5)22(19)31-23(21)32-25(33-24)38-18-10-29-15(2)30-11-18/h7-11,14,36H,12-13H2,1-6H3,(H,31,32,33). The van der Waals surface area contributed by atoms with E-state index in [0.717, 1.165) is 5.57 Å². The van der Waals surface area contributed by atoms with Crippen LogP contribution in [0.3, 0.4) is 0 Å². The highest BCUT2D eigenvalue weighted by molar-refractivity contribution is 6.16. The highest BCUT2D eigenvalue weighted by Gasteiger charge is 2.29. The SMILES string of the molecule is Cc1ncc(Oc2nc(N3CC(=CC(C)O)C3)c3c(n2)[nH]c2c(N(C)C(=O)OC(C)(C)C)cc(F)cc23)cn1.